The fraction of sp³-hybridized carbons (Fsp3) is 0. The molecule has 0 radical (unpaired) electrons. The second-order valence-electron chi connectivity index (χ2n) is 5.23. The number of hydrazone groups is 1. The number of nitrogens with zero attached hydrogens (tertiary/aromatic N) is 2. The summed E-state index contributed by atoms with van der Waals surface area (Å²) < 4.78 is 0. The lowest BCUT2D eigenvalue weighted by molar-refractivity contribution is -0.384. The molecular weight excluding hydrogens is 342 g/mol. The van der Waals surface area contributed by atoms with Crippen LogP contribution in [0.15, 0.2) is 65.8 Å². The highest BCUT2D eigenvalue weighted by Gasteiger charge is 2.12. The van der Waals surface area contributed by atoms with E-state index in [1.807, 2.05) is 30.3 Å². The Kier molecular flexibility index (Phi) is 4.72. The summed E-state index contributed by atoms with van der Waals surface area (Å²) in [5.74, 6) is -0.370. The molecule has 0 aliphatic heterocycles. The normalized spacial score (nSPS) is 10.9. The Labute approximate surface area is 147 Å². The van der Waals surface area contributed by atoms with Crippen LogP contribution in [0.3, 0.4) is 0 Å². The SMILES string of the molecule is O=C(N/N=C\c1ccc(Cl)c([N+](=O)[O-])c1)c1ccc2ccccc2c1. The van der Waals surface area contributed by atoms with Gasteiger partial charge in [0.1, 0.15) is 5.02 Å². The van der Waals surface area contributed by atoms with Gasteiger partial charge in [-0.2, -0.15) is 5.10 Å². The second-order valence-corrected chi connectivity index (χ2v) is 5.64. The molecule has 6 nitrogen and oxygen atoms in total. The number of nitrogens with one attached hydrogen (secondary N) is 1. The minimum atomic E-state index is -0.576. The van der Waals surface area contributed by atoms with Gasteiger partial charge in [-0.05, 0) is 29.0 Å². The highest BCUT2D eigenvalue weighted by Crippen LogP contribution is 2.24. The number of halogens is 1. The number of fused-ring (bicyclic) bond motifs is 1. The van der Waals surface area contributed by atoms with Crippen LogP contribution in [0.2, 0.25) is 5.02 Å². The fourth-order valence-electron chi connectivity index (χ4n) is 2.31. The van der Waals surface area contributed by atoms with E-state index in [1.54, 1.807) is 18.2 Å². The summed E-state index contributed by atoms with van der Waals surface area (Å²) in [4.78, 5) is 22.4. The molecule has 0 spiro atoms. The molecule has 124 valence electrons. The molecule has 1 N–H and O–H groups in total. The Morgan fingerprint density at radius 1 is 1.08 bits per heavy atom. The second kappa shape index (κ2) is 7.11. The van der Waals surface area contributed by atoms with Crippen LogP contribution in [-0.4, -0.2) is 17.0 Å². The van der Waals surface area contributed by atoms with Gasteiger partial charge in [-0.15, -0.1) is 0 Å². The van der Waals surface area contributed by atoms with Crippen molar-refractivity contribution in [1.29, 1.82) is 0 Å². The third-order valence-electron chi connectivity index (χ3n) is 3.56. The summed E-state index contributed by atoms with van der Waals surface area (Å²) in [7, 11) is 0. The van der Waals surface area contributed by atoms with Crippen molar-refractivity contribution in [3.8, 4) is 0 Å². The third-order valence-corrected chi connectivity index (χ3v) is 3.88. The van der Waals surface area contributed by atoms with Crippen LogP contribution in [-0.2, 0) is 0 Å². The van der Waals surface area contributed by atoms with Crippen molar-refractivity contribution in [1.82, 2.24) is 5.43 Å². The van der Waals surface area contributed by atoms with Gasteiger partial charge < -0.3 is 0 Å². The van der Waals surface area contributed by atoms with Crippen LogP contribution in [0.4, 0.5) is 5.69 Å². The van der Waals surface area contributed by atoms with Gasteiger partial charge in [-0.25, -0.2) is 5.43 Å². The molecule has 0 bridgehead atoms. The molecule has 0 atom stereocenters. The van der Waals surface area contributed by atoms with Crippen molar-refractivity contribution in [3.63, 3.8) is 0 Å². The minimum Gasteiger partial charge on any atom is -0.267 e. The number of nitro benzene ring substituents is 1. The molecule has 3 rings (SSSR count). The predicted molar refractivity (Wildman–Crippen MR) is 97.1 cm³/mol. The van der Waals surface area contributed by atoms with E-state index in [0.717, 1.165) is 10.8 Å². The molecule has 25 heavy (non-hydrogen) atoms. The van der Waals surface area contributed by atoms with Gasteiger partial charge in [0, 0.05) is 17.2 Å². The smallest absolute Gasteiger partial charge is 0.267 e. The Morgan fingerprint density at radius 3 is 2.60 bits per heavy atom. The van der Waals surface area contributed by atoms with E-state index >= 15 is 0 Å². The zero-order chi connectivity index (χ0) is 17.8. The first kappa shape index (κ1) is 16.6. The van der Waals surface area contributed by atoms with E-state index < -0.39 is 4.92 Å². The Balaban J connectivity index is 1.73. The number of nitro groups is 1. The minimum absolute atomic E-state index is 0.0438. The lowest BCUT2D eigenvalue weighted by atomic mass is 10.1. The van der Waals surface area contributed by atoms with Crippen molar-refractivity contribution < 1.29 is 9.72 Å². The highest BCUT2D eigenvalue weighted by atomic mass is 35.5. The van der Waals surface area contributed by atoms with Gasteiger partial charge in [0.15, 0.2) is 0 Å². The van der Waals surface area contributed by atoms with Gasteiger partial charge in [0.2, 0.25) is 0 Å². The predicted octanol–water partition coefficient (Wildman–Crippen LogP) is 4.17. The van der Waals surface area contributed by atoms with Gasteiger partial charge >= 0.3 is 0 Å². The lowest BCUT2D eigenvalue weighted by Gasteiger charge is -2.02. The molecule has 0 aliphatic rings. The maximum absolute atomic E-state index is 12.2. The topological polar surface area (TPSA) is 84.6 Å². The quantitative estimate of drug-likeness (QED) is 0.434. The van der Waals surface area contributed by atoms with E-state index in [9.17, 15) is 14.9 Å². The molecule has 0 fully saturated rings. The van der Waals surface area contributed by atoms with Gasteiger partial charge in [-0.1, -0.05) is 48.0 Å². The van der Waals surface area contributed by atoms with E-state index in [-0.39, 0.29) is 16.6 Å². The lowest BCUT2D eigenvalue weighted by Crippen LogP contribution is -2.17. The van der Waals surface area contributed by atoms with E-state index in [1.165, 1.54) is 18.3 Å². The van der Waals surface area contributed by atoms with Gasteiger partial charge in [0.25, 0.3) is 11.6 Å². The van der Waals surface area contributed by atoms with Crippen molar-refractivity contribution in [2.75, 3.05) is 0 Å². The molecule has 3 aromatic carbocycles. The summed E-state index contributed by atoms with van der Waals surface area (Å²) in [5, 5.41) is 16.7. The molecule has 0 saturated heterocycles. The number of rotatable bonds is 4. The summed E-state index contributed by atoms with van der Waals surface area (Å²) in [5.41, 5.74) is 3.11. The first-order valence-electron chi connectivity index (χ1n) is 7.31. The standard InChI is InChI=1S/C18H12ClN3O3/c19-16-8-5-12(9-17(16)22(24)25)11-20-21-18(23)15-7-6-13-3-1-2-4-14(13)10-15/h1-11H,(H,21,23)/b20-11-. The molecular formula is C18H12ClN3O3. The number of benzene rings is 3. The van der Waals surface area contributed by atoms with Crippen molar-refractivity contribution >= 4 is 40.2 Å². The molecule has 0 unspecified atom stereocenters. The molecule has 0 heterocycles. The molecule has 0 aromatic heterocycles. The number of carbonyl (C=O) groups excluding carboxylic acids is 1. The fourth-order valence-corrected chi connectivity index (χ4v) is 2.50. The maximum atomic E-state index is 12.2. The largest absolute Gasteiger partial charge is 0.288 e. The Hall–Kier alpha value is -3.25. The average molecular weight is 354 g/mol. The number of hydrogen-bond acceptors (Lipinski definition) is 4. The summed E-state index contributed by atoms with van der Waals surface area (Å²) in [6.45, 7) is 0. The monoisotopic (exact) mass is 353 g/mol. The zero-order valence-electron chi connectivity index (χ0n) is 12.8. The first-order valence-corrected chi connectivity index (χ1v) is 7.68. The van der Waals surface area contributed by atoms with Crippen LogP contribution >= 0.6 is 11.6 Å². The Bertz CT molecular complexity index is 1000. The molecule has 0 saturated carbocycles. The molecule has 1 amide bonds. The van der Waals surface area contributed by atoms with Gasteiger partial charge in [-0.3, -0.25) is 14.9 Å². The van der Waals surface area contributed by atoms with Crippen LogP contribution in [0.5, 0.6) is 0 Å². The van der Waals surface area contributed by atoms with Gasteiger partial charge in [0.05, 0.1) is 11.1 Å². The van der Waals surface area contributed by atoms with E-state index in [2.05, 4.69) is 10.5 Å². The summed E-state index contributed by atoms with van der Waals surface area (Å²) in [6.07, 6.45) is 1.32. The van der Waals surface area contributed by atoms with Crippen molar-refractivity contribution in [3.05, 3.63) is 86.9 Å². The number of carbonyl (C=O) groups is 1. The maximum Gasteiger partial charge on any atom is 0.288 e. The van der Waals surface area contributed by atoms with E-state index in [0.29, 0.717) is 11.1 Å². The number of hydrogen-bond donors (Lipinski definition) is 1. The first-order chi connectivity index (χ1) is 12.0. The molecule has 7 heteroatoms. The zero-order valence-corrected chi connectivity index (χ0v) is 13.6. The van der Waals surface area contributed by atoms with E-state index in [4.69, 9.17) is 11.6 Å². The molecule has 0 aliphatic carbocycles. The average Bonchev–Trinajstić information content (AvgIpc) is 2.62. The van der Waals surface area contributed by atoms with Crippen LogP contribution in [0.25, 0.3) is 10.8 Å². The van der Waals surface area contributed by atoms with Crippen LogP contribution in [0.1, 0.15) is 15.9 Å². The van der Waals surface area contributed by atoms with Crippen LogP contribution in [0, 0.1) is 10.1 Å². The number of amides is 1. The van der Waals surface area contributed by atoms with Crippen molar-refractivity contribution in [2.45, 2.75) is 0 Å². The summed E-state index contributed by atoms with van der Waals surface area (Å²) in [6, 6.07) is 17.3. The summed E-state index contributed by atoms with van der Waals surface area (Å²) >= 11 is 5.75. The molecule has 3 aromatic rings. The van der Waals surface area contributed by atoms with Crippen LogP contribution < -0.4 is 5.43 Å². The Morgan fingerprint density at radius 2 is 1.84 bits per heavy atom. The third kappa shape index (κ3) is 3.81. The van der Waals surface area contributed by atoms with Crippen molar-refractivity contribution in [2.24, 2.45) is 5.10 Å². The highest BCUT2D eigenvalue weighted by molar-refractivity contribution is 6.32.